The van der Waals surface area contributed by atoms with Gasteiger partial charge in [0, 0.05) is 13.7 Å². The van der Waals surface area contributed by atoms with E-state index in [0.717, 1.165) is 16.2 Å². The van der Waals surface area contributed by atoms with E-state index in [0.29, 0.717) is 18.8 Å². The van der Waals surface area contributed by atoms with Gasteiger partial charge >= 0.3 is 0 Å². The van der Waals surface area contributed by atoms with E-state index in [4.69, 9.17) is 16.3 Å². The van der Waals surface area contributed by atoms with Crippen LogP contribution in [0.1, 0.15) is 6.92 Å². The van der Waals surface area contributed by atoms with Crippen LogP contribution >= 0.6 is 23.4 Å². The summed E-state index contributed by atoms with van der Waals surface area (Å²) in [4.78, 5) is 17.2. The molecule has 0 radical (unpaired) electrons. The van der Waals surface area contributed by atoms with Gasteiger partial charge in [-0.1, -0.05) is 35.5 Å². The molecule has 1 amide bonds. The van der Waals surface area contributed by atoms with Gasteiger partial charge in [-0.15, -0.1) is 0 Å². The van der Waals surface area contributed by atoms with E-state index >= 15 is 0 Å². The normalized spacial score (nSPS) is 12.3. The molecule has 1 atom stereocenters. The molecule has 0 fully saturated rings. The molecule has 0 saturated carbocycles. The van der Waals surface area contributed by atoms with Crippen LogP contribution in [0, 0.1) is 5.82 Å². The molecule has 3 aromatic rings. The molecule has 3 rings (SSSR count). The summed E-state index contributed by atoms with van der Waals surface area (Å²) in [5.41, 5.74) is 2.24. The van der Waals surface area contributed by atoms with Gasteiger partial charge in [0.1, 0.15) is 5.82 Å². The molecule has 8 heteroatoms. The molecule has 0 aliphatic rings. The maximum atomic E-state index is 13.2. The van der Waals surface area contributed by atoms with E-state index < -0.39 is 11.1 Å². The van der Waals surface area contributed by atoms with Crippen LogP contribution in [0.5, 0.6) is 0 Å². The fraction of sp³-hybridized carbons (Fsp3) is 0.263. The number of benzene rings is 2. The number of rotatable bonds is 7. The Labute approximate surface area is 165 Å². The van der Waals surface area contributed by atoms with Gasteiger partial charge in [0.15, 0.2) is 5.16 Å². The molecule has 1 aromatic heterocycles. The topological polar surface area (TPSA) is 56.1 Å². The number of carbonyl (C=O) groups is 1. The molecule has 1 heterocycles. The highest BCUT2D eigenvalue weighted by Crippen LogP contribution is 2.29. The highest BCUT2D eigenvalue weighted by atomic mass is 35.5. The third-order valence-corrected chi connectivity index (χ3v) is 5.38. The first-order valence-electron chi connectivity index (χ1n) is 8.36. The van der Waals surface area contributed by atoms with Crippen molar-refractivity contribution in [2.75, 3.05) is 19.0 Å². The van der Waals surface area contributed by atoms with Crippen molar-refractivity contribution in [1.82, 2.24) is 9.55 Å². The summed E-state index contributed by atoms with van der Waals surface area (Å²) in [6.07, 6.45) is 0. The van der Waals surface area contributed by atoms with Crippen molar-refractivity contribution in [1.29, 1.82) is 0 Å². The number of hydrogen-bond donors (Lipinski definition) is 1. The maximum absolute atomic E-state index is 13.2. The summed E-state index contributed by atoms with van der Waals surface area (Å²) in [5.74, 6) is -0.689. The van der Waals surface area contributed by atoms with Crippen LogP contribution in [-0.4, -0.2) is 34.4 Å². The predicted molar refractivity (Wildman–Crippen MR) is 107 cm³/mol. The van der Waals surface area contributed by atoms with Crippen molar-refractivity contribution in [2.45, 2.75) is 23.9 Å². The first-order chi connectivity index (χ1) is 13.0. The minimum absolute atomic E-state index is 0.160. The number of anilines is 1. The SMILES string of the molecule is COCCn1c(S[C@@H](C)C(=O)Nc2ccc(F)cc2Cl)nc2ccccc21. The van der Waals surface area contributed by atoms with Crippen molar-refractivity contribution in [3.8, 4) is 0 Å². The van der Waals surface area contributed by atoms with Crippen LogP contribution in [-0.2, 0) is 16.1 Å². The van der Waals surface area contributed by atoms with Crippen molar-refractivity contribution in [2.24, 2.45) is 0 Å². The zero-order valence-corrected chi connectivity index (χ0v) is 16.5. The zero-order valence-electron chi connectivity index (χ0n) is 14.9. The molecule has 0 spiro atoms. The van der Waals surface area contributed by atoms with Crippen LogP contribution in [0.2, 0.25) is 5.02 Å². The number of carbonyl (C=O) groups excluding carboxylic acids is 1. The number of para-hydroxylation sites is 2. The average Bonchev–Trinajstić information content (AvgIpc) is 2.99. The zero-order chi connectivity index (χ0) is 19.4. The number of imidazole rings is 1. The predicted octanol–water partition coefficient (Wildman–Crippen LogP) is 4.59. The van der Waals surface area contributed by atoms with Gasteiger partial charge in [-0.05, 0) is 37.3 Å². The van der Waals surface area contributed by atoms with E-state index in [9.17, 15) is 9.18 Å². The number of halogens is 2. The van der Waals surface area contributed by atoms with Crippen molar-refractivity contribution in [3.63, 3.8) is 0 Å². The second kappa shape index (κ2) is 8.73. The molecule has 1 N–H and O–H groups in total. The van der Waals surface area contributed by atoms with Crippen LogP contribution in [0.3, 0.4) is 0 Å². The fourth-order valence-corrected chi connectivity index (χ4v) is 3.74. The molecule has 0 bridgehead atoms. The minimum Gasteiger partial charge on any atom is -0.383 e. The first-order valence-corrected chi connectivity index (χ1v) is 9.62. The first kappa shape index (κ1) is 19.7. The Balaban J connectivity index is 1.78. The molecule has 0 aliphatic heterocycles. The number of thioether (sulfide) groups is 1. The lowest BCUT2D eigenvalue weighted by Crippen LogP contribution is -2.23. The number of fused-ring (bicyclic) bond motifs is 1. The number of amides is 1. The third-order valence-electron chi connectivity index (χ3n) is 3.98. The molecule has 0 saturated heterocycles. The van der Waals surface area contributed by atoms with Gasteiger partial charge in [0.2, 0.25) is 5.91 Å². The van der Waals surface area contributed by atoms with Gasteiger partial charge in [-0.3, -0.25) is 4.79 Å². The summed E-state index contributed by atoms with van der Waals surface area (Å²) < 4.78 is 20.4. The molecule has 2 aromatic carbocycles. The highest BCUT2D eigenvalue weighted by Gasteiger charge is 2.20. The highest BCUT2D eigenvalue weighted by molar-refractivity contribution is 8.00. The number of methoxy groups -OCH3 is 1. The molecule has 142 valence electrons. The molecular formula is C19H19ClFN3O2S. The van der Waals surface area contributed by atoms with E-state index in [-0.39, 0.29) is 10.9 Å². The standard InChI is InChI=1S/C19H19ClFN3O2S/c1-12(18(25)22-15-8-7-13(21)11-14(15)20)27-19-23-16-5-3-4-6-17(16)24(19)9-10-26-2/h3-8,11-12H,9-10H2,1-2H3,(H,22,25)/t12-/m0/s1. The summed E-state index contributed by atoms with van der Waals surface area (Å²) in [6, 6.07) is 11.7. The number of hydrogen-bond acceptors (Lipinski definition) is 4. The van der Waals surface area contributed by atoms with Crippen LogP contribution in [0.15, 0.2) is 47.6 Å². The van der Waals surface area contributed by atoms with Crippen molar-refractivity contribution in [3.05, 3.63) is 53.3 Å². The van der Waals surface area contributed by atoms with E-state index in [1.807, 2.05) is 28.8 Å². The van der Waals surface area contributed by atoms with Crippen LogP contribution in [0.25, 0.3) is 11.0 Å². The molecule has 27 heavy (non-hydrogen) atoms. The number of ether oxygens (including phenoxy) is 1. The Morgan fingerprint density at radius 2 is 2.15 bits per heavy atom. The smallest absolute Gasteiger partial charge is 0.237 e. The monoisotopic (exact) mass is 407 g/mol. The molecule has 0 unspecified atom stereocenters. The van der Waals surface area contributed by atoms with Crippen LogP contribution < -0.4 is 5.32 Å². The summed E-state index contributed by atoms with van der Waals surface area (Å²) in [7, 11) is 1.65. The largest absolute Gasteiger partial charge is 0.383 e. The summed E-state index contributed by atoms with van der Waals surface area (Å²) >= 11 is 7.33. The minimum atomic E-state index is -0.452. The summed E-state index contributed by atoms with van der Waals surface area (Å²) in [6.45, 7) is 2.97. The van der Waals surface area contributed by atoms with Gasteiger partial charge in [0.05, 0.1) is 33.6 Å². The lowest BCUT2D eigenvalue weighted by atomic mass is 10.3. The Kier molecular flexibility index (Phi) is 6.36. The van der Waals surface area contributed by atoms with Crippen molar-refractivity contribution < 1.29 is 13.9 Å². The third kappa shape index (κ3) is 4.61. The lowest BCUT2D eigenvalue weighted by molar-refractivity contribution is -0.115. The van der Waals surface area contributed by atoms with Crippen molar-refractivity contribution >= 4 is 46.0 Å². The maximum Gasteiger partial charge on any atom is 0.237 e. The Morgan fingerprint density at radius 1 is 1.37 bits per heavy atom. The average molecular weight is 408 g/mol. The quantitative estimate of drug-likeness (QED) is 0.582. The molecule has 5 nitrogen and oxygen atoms in total. The van der Waals surface area contributed by atoms with Gasteiger partial charge in [0.25, 0.3) is 0 Å². The second-order valence-corrected chi connectivity index (χ2v) is 7.62. The Bertz CT molecular complexity index is 963. The number of nitrogens with zero attached hydrogens (tertiary/aromatic N) is 2. The lowest BCUT2D eigenvalue weighted by Gasteiger charge is -2.14. The Hall–Kier alpha value is -2.09. The Morgan fingerprint density at radius 3 is 2.89 bits per heavy atom. The molecule has 0 aliphatic carbocycles. The summed E-state index contributed by atoms with van der Waals surface area (Å²) in [5, 5.41) is 3.20. The second-order valence-electron chi connectivity index (χ2n) is 5.90. The molecular weight excluding hydrogens is 389 g/mol. The van der Waals surface area contributed by atoms with Crippen LogP contribution in [0.4, 0.5) is 10.1 Å². The van der Waals surface area contributed by atoms with E-state index in [1.165, 1.54) is 30.0 Å². The van der Waals surface area contributed by atoms with Gasteiger partial charge in [-0.25, -0.2) is 9.37 Å². The number of nitrogens with one attached hydrogen (secondary N) is 1. The fourth-order valence-electron chi connectivity index (χ4n) is 2.58. The van der Waals surface area contributed by atoms with E-state index in [1.54, 1.807) is 14.0 Å². The van der Waals surface area contributed by atoms with E-state index in [2.05, 4.69) is 10.3 Å². The van der Waals surface area contributed by atoms with Gasteiger partial charge in [-0.2, -0.15) is 0 Å². The van der Waals surface area contributed by atoms with Gasteiger partial charge < -0.3 is 14.6 Å². The number of aromatic nitrogens is 2.